The average Bonchev–Trinajstić information content (AvgIpc) is 2.40. The van der Waals surface area contributed by atoms with Gasteiger partial charge in [0.1, 0.15) is 6.42 Å². The molecule has 5 heteroatoms. The van der Waals surface area contributed by atoms with E-state index in [0.29, 0.717) is 11.5 Å². The number of carbonyl (C=O) groups is 1. The number of amides is 1. The lowest BCUT2D eigenvalue weighted by atomic mass is 10.2. The summed E-state index contributed by atoms with van der Waals surface area (Å²) in [4.78, 5) is 19.6. The Morgan fingerprint density at radius 1 is 1.28 bits per heavy atom. The monoisotopic (exact) mass is 238 g/mol. The second kappa shape index (κ2) is 5.55. The van der Waals surface area contributed by atoms with E-state index in [1.54, 1.807) is 42.7 Å². The van der Waals surface area contributed by atoms with Gasteiger partial charge in [0, 0.05) is 23.6 Å². The van der Waals surface area contributed by atoms with E-state index in [1.165, 1.54) is 0 Å². The van der Waals surface area contributed by atoms with E-state index in [4.69, 9.17) is 5.26 Å². The van der Waals surface area contributed by atoms with Gasteiger partial charge in [-0.2, -0.15) is 5.26 Å². The molecule has 0 aliphatic rings. The van der Waals surface area contributed by atoms with Gasteiger partial charge in [-0.05, 0) is 18.2 Å². The van der Waals surface area contributed by atoms with Crippen LogP contribution < -0.4 is 5.32 Å². The zero-order chi connectivity index (χ0) is 12.8. The highest BCUT2D eigenvalue weighted by atomic mass is 16.1. The Labute approximate surface area is 104 Å². The summed E-state index contributed by atoms with van der Waals surface area (Å²) in [5.74, 6) is 0.262. The number of aromatic nitrogens is 2. The molecule has 0 atom stereocenters. The van der Waals surface area contributed by atoms with Gasteiger partial charge in [-0.1, -0.05) is 12.1 Å². The number of nitrogens with one attached hydrogen (secondary N) is 1. The van der Waals surface area contributed by atoms with E-state index >= 15 is 0 Å². The average molecular weight is 238 g/mol. The van der Waals surface area contributed by atoms with E-state index in [-0.39, 0.29) is 12.3 Å². The molecule has 0 aliphatic carbocycles. The molecule has 0 fully saturated rings. The van der Waals surface area contributed by atoms with E-state index in [1.807, 2.05) is 6.07 Å². The molecule has 2 rings (SSSR count). The molecule has 2 aromatic rings. The second-order valence-corrected chi connectivity index (χ2v) is 3.54. The Kier molecular flexibility index (Phi) is 3.62. The quantitative estimate of drug-likeness (QED) is 0.886. The molecule has 1 aromatic heterocycles. The van der Waals surface area contributed by atoms with Crippen molar-refractivity contribution in [1.82, 2.24) is 9.97 Å². The van der Waals surface area contributed by atoms with Gasteiger partial charge in [0.2, 0.25) is 5.91 Å². The van der Waals surface area contributed by atoms with Crippen LogP contribution in [0.3, 0.4) is 0 Å². The minimum Gasteiger partial charge on any atom is -0.325 e. The third-order valence-corrected chi connectivity index (χ3v) is 2.21. The van der Waals surface area contributed by atoms with Crippen LogP contribution in [0.4, 0.5) is 5.69 Å². The lowest BCUT2D eigenvalue weighted by Gasteiger charge is -2.05. The largest absolute Gasteiger partial charge is 0.325 e. The predicted octanol–water partition coefficient (Wildman–Crippen LogP) is 2.00. The van der Waals surface area contributed by atoms with Gasteiger partial charge in [0.15, 0.2) is 5.82 Å². The fraction of sp³-hybridized carbons (Fsp3) is 0.0769. The molecule has 1 N–H and O–H groups in total. The van der Waals surface area contributed by atoms with Crippen LogP contribution in [0, 0.1) is 11.3 Å². The third-order valence-electron chi connectivity index (χ3n) is 2.21. The standard InChI is InChI=1S/C13H10N4O/c14-6-5-12(18)17-11-4-1-3-10(9-11)13-15-7-2-8-16-13/h1-4,7-9H,5H2,(H,17,18). The zero-order valence-corrected chi connectivity index (χ0v) is 9.50. The number of nitriles is 1. The van der Waals surface area contributed by atoms with Crippen molar-refractivity contribution in [2.24, 2.45) is 0 Å². The van der Waals surface area contributed by atoms with Crippen LogP contribution in [0.25, 0.3) is 11.4 Å². The van der Waals surface area contributed by atoms with Crippen LogP contribution in [-0.4, -0.2) is 15.9 Å². The van der Waals surface area contributed by atoms with Crippen molar-refractivity contribution in [1.29, 1.82) is 5.26 Å². The minimum absolute atomic E-state index is 0.161. The fourth-order valence-corrected chi connectivity index (χ4v) is 1.46. The molecule has 1 amide bonds. The van der Waals surface area contributed by atoms with E-state index in [0.717, 1.165) is 5.56 Å². The first kappa shape index (κ1) is 11.7. The summed E-state index contributed by atoms with van der Waals surface area (Å²) in [5, 5.41) is 11.1. The number of anilines is 1. The van der Waals surface area contributed by atoms with Crippen molar-refractivity contribution in [2.75, 3.05) is 5.32 Å². The second-order valence-electron chi connectivity index (χ2n) is 3.54. The molecule has 1 aromatic carbocycles. The molecule has 0 radical (unpaired) electrons. The summed E-state index contributed by atoms with van der Waals surface area (Å²) < 4.78 is 0. The van der Waals surface area contributed by atoms with Crippen LogP contribution in [0.2, 0.25) is 0 Å². The number of hydrogen-bond acceptors (Lipinski definition) is 4. The van der Waals surface area contributed by atoms with Crippen LogP contribution in [0.1, 0.15) is 6.42 Å². The maximum Gasteiger partial charge on any atom is 0.238 e. The lowest BCUT2D eigenvalue weighted by molar-refractivity contribution is -0.115. The molecule has 0 saturated heterocycles. The smallest absolute Gasteiger partial charge is 0.238 e. The highest BCUT2D eigenvalue weighted by molar-refractivity contribution is 5.92. The number of nitrogens with zero attached hydrogens (tertiary/aromatic N) is 3. The normalized spacial score (nSPS) is 9.50. The summed E-state index contributed by atoms with van der Waals surface area (Å²) in [6.07, 6.45) is 3.15. The first-order chi connectivity index (χ1) is 8.79. The van der Waals surface area contributed by atoms with Gasteiger partial charge < -0.3 is 5.32 Å². The first-order valence-electron chi connectivity index (χ1n) is 5.34. The molecule has 0 saturated carbocycles. The molecule has 1 heterocycles. The molecule has 0 bridgehead atoms. The molecule has 5 nitrogen and oxygen atoms in total. The third kappa shape index (κ3) is 2.89. The molecule has 88 valence electrons. The Balaban J connectivity index is 2.21. The Hall–Kier alpha value is -2.74. The van der Waals surface area contributed by atoms with Crippen LogP contribution in [0.5, 0.6) is 0 Å². The number of hydrogen-bond donors (Lipinski definition) is 1. The molecule has 18 heavy (non-hydrogen) atoms. The Bertz CT molecular complexity index is 589. The maximum absolute atomic E-state index is 11.3. The van der Waals surface area contributed by atoms with E-state index in [9.17, 15) is 4.79 Å². The maximum atomic E-state index is 11.3. The number of rotatable bonds is 3. The highest BCUT2D eigenvalue weighted by Gasteiger charge is 2.04. The van der Waals surface area contributed by atoms with Crippen LogP contribution >= 0.6 is 0 Å². The molecular weight excluding hydrogens is 228 g/mol. The Morgan fingerprint density at radius 2 is 2.06 bits per heavy atom. The number of benzene rings is 1. The van der Waals surface area contributed by atoms with E-state index in [2.05, 4.69) is 15.3 Å². The summed E-state index contributed by atoms with van der Waals surface area (Å²) in [6.45, 7) is 0. The van der Waals surface area contributed by atoms with Crippen molar-refractivity contribution in [3.8, 4) is 17.5 Å². The van der Waals surface area contributed by atoms with Gasteiger partial charge in [0.05, 0.1) is 6.07 Å². The predicted molar refractivity (Wildman–Crippen MR) is 66.3 cm³/mol. The minimum atomic E-state index is -0.330. The number of carbonyl (C=O) groups excluding carboxylic acids is 1. The van der Waals surface area contributed by atoms with Crippen LogP contribution in [-0.2, 0) is 4.79 Å². The molecule has 0 spiro atoms. The highest BCUT2D eigenvalue weighted by Crippen LogP contribution is 2.18. The van der Waals surface area contributed by atoms with Gasteiger partial charge in [-0.25, -0.2) is 9.97 Å². The molecular formula is C13H10N4O. The Morgan fingerprint density at radius 3 is 2.78 bits per heavy atom. The summed E-state index contributed by atoms with van der Waals surface area (Å²) >= 11 is 0. The van der Waals surface area contributed by atoms with Gasteiger partial charge in [-0.3, -0.25) is 4.79 Å². The van der Waals surface area contributed by atoms with E-state index < -0.39 is 0 Å². The van der Waals surface area contributed by atoms with Crippen molar-refractivity contribution in [2.45, 2.75) is 6.42 Å². The van der Waals surface area contributed by atoms with Crippen molar-refractivity contribution < 1.29 is 4.79 Å². The van der Waals surface area contributed by atoms with Crippen molar-refractivity contribution >= 4 is 11.6 Å². The fourth-order valence-electron chi connectivity index (χ4n) is 1.46. The van der Waals surface area contributed by atoms with Gasteiger partial charge >= 0.3 is 0 Å². The topological polar surface area (TPSA) is 78.7 Å². The zero-order valence-electron chi connectivity index (χ0n) is 9.50. The summed E-state index contributed by atoms with van der Waals surface area (Å²) in [6, 6.07) is 10.7. The summed E-state index contributed by atoms with van der Waals surface area (Å²) in [7, 11) is 0. The van der Waals surface area contributed by atoms with Crippen LogP contribution in [0.15, 0.2) is 42.7 Å². The lowest BCUT2D eigenvalue weighted by Crippen LogP contribution is -2.09. The summed E-state index contributed by atoms with van der Waals surface area (Å²) in [5.41, 5.74) is 1.44. The van der Waals surface area contributed by atoms with Crippen molar-refractivity contribution in [3.05, 3.63) is 42.7 Å². The SMILES string of the molecule is N#CCC(=O)Nc1cccc(-c2ncccn2)c1. The first-order valence-corrected chi connectivity index (χ1v) is 5.34. The van der Waals surface area contributed by atoms with Gasteiger partial charge in [-0.15, -0.1) is 0 Å². The van der Waals surface area contributed by atoms with Gasteiger partial charge in [0.25, 0.3) is 0 Å². The molecule has 0 aliphatic heterocycles. The van der Waals surface area contributed by atoms with Crippen molar-refractivity contribution in [3.63, 3.8) is 0 Å². The molecule has 0 unspecified atom stereocenters.